The third-order valence-corrected chi connectivity index (χ3v) is 3.64. The van der Waals surface area contributed by atoms with Crippen LogP contribution in [0, 0.1) is 5.92 Å². The number of nitrogens with zero attached hydrogens (tertiary/aromatic N) is 2. The third kappa shape index (κ3) is 3.71. The Bertz CT molecular complexity index is 881. The normalized spacial score (nSPS) is 11.0. The average Bonchev–Trinajstić information content (AvgIpc) is 3.25. The van der Waals surface area contributed by atoms with E-state index in [9.17, 15) is 9.59 Å². The molecule has 2 N–H and O–H groups in total. The predicted molar refractivity (Wildman–Crippen MR) is 92.2 cm³/mol. The Hall–Kier alpha value is -3.09. The van der Waals surface area contributed by atoms with E-state index in [-0.39, 0.29) is 29.9 Å². The summed E-state index contributed by atoms with van der Waals surface area (Å²) in [6, 6.07) is 8.88. The molecule has 0 bridgehead atoms. The van der Waals surface area contributed by atoms with Crippen molar-refractivity contribution in [3.8, 4) is 0 Å². The van der Waals surface area contributed by atoms with E-state index in [0.29, 0.717) is 23.7 Å². The highest BCUT2D eigenvalue weighted by Crippen LogP contribution is 2.14. The minimum Gasteiger partial charge on any atom is -0.467 e. The van der Waals surface area contributed by atoms with Crippen molar-refractivity contribution in [2.75, 3.05) is 6.54 Å². The molecule has 25 heavy (non-hydrogen) atoms. The zero-order chi connectivity index (χ0) is 17.8. The summed E-state index contributed by atoms with van der Waals surface area (Å²) in [5.41, 5.74) is 0.788. The fourth-order valence-electron chi connectivity index (χ4n) is 2.41. The molecule has 0 saturated heterocycles. The average molecular weight is 340 g/mol. The molecule has 7 heteroatoms. The maximum atomic E-state index is 12.5. The van der Waals surface area contributed by atoms with Gasteiger partial charge in [0.2, 0.25) is 5.82 Å². The molecule has 0 unspecified atom stereocenters. The molecule has 0 saturated carbocycles. The molecular formula is C18H20N4O3. The second kappa shape index (κ2) is 7.21. The van der Waals surface area contributed by atoms with Gasteiger partial charge in [0.15, 0.2) is 5.69 Å². The number of furan rings is 1. The maximum absolute atomic E-state index is 12.5. The van der Waals surface area contributed by atoms with Crippen LogP contribution in [0.4, 0.5) is 0 Å². The maximum Gasteiger partial charge on any atom is 0.287 e. The first-order valence-corrected chi connectivity index (χ1v) is 8.12. The Labute approximate surface area is 145 Å². The molecule has 0 radical (unpaired) electrons. The van der Waals surface area contributed by atoms with E-state index in [0.717, 1.165) is 0 Å². The highest BCUT2D eigenvalue weighted by atomic mass is 16.3. The molecule has 0 aromatic carbocycles. The standard InChI is InChI=1S/C18H20N4O3/c1-12(2)10-19-18(24)16-21-15(14-7-3-4-8-22(14)16)17(23)20-11-13-6-5-9-25-13/h3-9,12H,10-11H2,1-2H3,(H,19,24)(H,20,23). The summed E-state index contributed by atoms with van der Waals surface area (Å²) in [5.74, 6) is 0.500. The lowest BCUT2D eigenvalue weighted by molar-refractivity contribution is 0.0937. The fourth-order valence-corrected chi connectivity index (χ4v) is 2.41. The van der Waals surface area contributed by atoms with E-state index in [2.05, 4.69) is 15.6 Å². The Morgan fingerprint density at radius 2 is 2.00 bits per heavy atom. The first-order chi connectivity index (χ1) is 12.1. The van der Waals surface area contributed by atoms with E-state index >= 15 is 0 Å². The molecule has 0 aliphatic rings. The third-order valence-electron chi connectivity index (χ3n) is 3.64. The van der Waals surface area contributed by atoms with Crippen LogP contribution in [0.2, 0.25) is 0 Å². The van der Waals surface area contributed by atoms with Crippen LogP contribution in [0.5, 0.6) is 0 Å². The molecule has 130 valence electrons. The molecule has 0 spiro atoms. The smallest absolute Gasteiger partial charge is 0.287 e. The van der Waals surface area contributed by atoms with E-state index in [1.165, 1.54) is 0 Å². The number of carbonyl (C=O) groups is 2. The van der Waals surface area contributed by atoms with Gasteiger partial charge in [0.25, 0.3) is 11.8 Å². The lowest BCUT2D eigenvalue weighted by atomic mass is 10.2. The second-order valence-corrected chi connectivity index (χ2v) is 6.11. The minimum absolute atomic E-state index is 0.194. The zero-order valence-corrected chi connectivity index (χ0v) is 14.2. The Morgan fingerprint density at radius 1 is 1.16 bits per heavy atom. The van der Waals surface area contributed by atoms with E-state index in [4.69, 9.17) is 4.42 Å². The second-order valence-electron chi connectivity index (χ2n) is 6.11. The molecule has 3 aromatic heterocycles. The summed E-state index contributed by atoms with van der Waals surface area (Å²) in [5, 5.41) is 5.58. The number of hydrogen-bond acceptors (Lipinski definition) is 4. The molecule has 0 aliphatic carbocycles. The number of aromatic nitrogens is 2. The van der Waals surface area contributed by atoms with E-state index in [1.54, 1.807) is 47.2 Å². The number of pyridine rings is 1. The van der Waals surface area contributed by atoms with Crippen molar-refractivity contribution in [1.29, 1.82) is 0 Å². The summed E-state index contributed by atoms with van der Waals surface area (Å²) < 4.78 is 6.82. The minimum atomic E-state index is -0.358. The number of rotatable bonds is 6. The van der Waals surface area contributed by atoms with E-state index in [1.807, 2.05) is 13.8 Å². The van der Waals surface area contributed by atoms with Gasteiger partial charge in [-0.25, -0.2) is 4.98 Å². The number of fused-ring (bicyclic) bond motifs is 1. The molecule has 3 aromatic rings. The number of carbonyl (C=O) groups excluding carboxylic acids is 2. The summed E-state index contributed by atoms with van der Waals surface area (Å²) in [4.78, 5) is 29.2. The van der Waals surface area contributed by atoms with Gasteiger partial charge < -0.3 is 15.1 Å². The van der Waals surface area contributed by atoms with Crippen molar-refractivity contribution in [2.45, 2.75) is 20.4 Å². The first kappa shape index (κ1) is 16.8. The van der Waals surface area contributed by atoms with Crippen LogP contribution in [0.3, 0.4) is 0 Å². The van der Waals surface area contributed by atoms with Crippen molar-refractivity contribution < 1.29 is 14.0 Å². The Balaban J connectivity index is 1.85. The fraction of sp³-hybridized carbons (Fsp3) is 0.278. The van der Waals surface area contributed by atoms with Gasteiger partial charge in [-0.2, -0.15) is 0 Å². The van der Waals surface area contributed by atoms with Crippen molar-refractivity contribution in [2.24, 2.45) is 5.92 Å². The van der Waals surface area contributed by atoms with Gasteiger partial charge in [-0.15, -0.1) is 0 Å². The number of nitrogens with one attached hydrogen (secondary N) is 2. The van der Waals surface area contributed by atoms with Crippen LogP contribution in [0.25, 0.3) is 5.52 Å². The summed E-state index contributed by atoms with van der Waals surface area (Å²) >= 11 is 0. The van der Waals surface area contributed by atoms with E-state index < -0.39 is 0 Å². The van der Waals surface area contributed by atoms with Crippen LogP contribution in [0.1, 0.15) is 40.7 Å². The molecular weight excluding hydrogens is 320 g/mol. The van der Waals surface area contributed by atoms with Gasteiger partial charge in [0, 0.05) is 12.7 Å². The molecule has 0 fully saturated rings. The van der Waals surface area contributed by atoms with Gasteiger partial charge >= 0.3 is 0 Å². The quantitative estimate of drug-likeness (QED) is 0.720. The van der Waals surface area contributed by atoms with Crippen LogP contribution in [-0.2, 0) is 6.54 Å². The van der Waals surface area contributed by atoms with Gasteiger partial charge in [0.05, 0.1) is 18.3 Å². The molecule has 0 atom stereocenters. The Kier molecular flexibility index (Phi) is 4.83. The van der Waals surface area contributed by atoms with Crippen molar-refractivity contribution in [3.63, 3.8) is 0 Å². The van der Waals surface area contributed by atoms with Crippen LogP contribution >= 0.6 is 0 Å². The molecule has 7 nitrogen and oxygen atoms in total. The monoisotopic (exact) mass is 340 g/mol. The summed E-state index contributed by atoms with van der Waals surface area (Å²) in [6.07, 6.45) is 3.26. The van der Waals surface area contributed by atoms with Gasteiger partial charge in [-0.1, -0.05) is 19.9 Å². The number of imidazole rings is 1. The van der Waals surface area contributed by atoms with Crippen LogP contribution < -0.4 is 10.6 Å². The lowest BCUT2D eigenvalue weighted by Gasteiger charge is -2.06. The predicted octanol–water partition coefficient (Wildman–Crippen LogP) is 2.24. The van der Waals surface area contributed by atoms with Gasteiger partial charge in [-0.05, 0) is 30.2 Å². The Morgan fingerprint density at radius 3 is 2.72 bits per heavy atom. The summed E-state index contributed by atoms with van der Waals surface area (Å²) in [6.45, 7) is 4.82. The molecule has 0 aliphatic heterocycles. The van der Waals surface area contributed by atoms with Crippen molar-refractivity contribution in [3.05, 3.63) is 60.1 Å². The highest BCUT2D eigenvalue weighted by Gasteiger charge is 2.21. The SMILES string of the molecule is CC(C)CNC(=O)c1nc(C(=O)NCc2ccco2)c2ccccn12. The summed E-state index contributed by atoms with van der Waals surface area (Å²) in [7, 11) is 0. The zero-order valence-electron chi connectivity index (χ0n) is 14.2. The topological polar surface area (TPSA) is 88.6 Å². The molecule has 3 rings (SSSR count). The molecule has 2 amide bonds. The van der Waals surface area contributed by atoms with Gasteiger partial charge in [-0.3, -0.25) is 14.0 Å². The molecule has 3 heterocycles. The number of amides is 2. The number of hydrogen-bond donors (Lipinski definition) is 2. The highest BCUT2D eigenvalue weighted by molar-refractivity contribution is 6.02. The largest absolute Gasteiger partial charge is 0.467 e. The van der Waals surface area contributed by atoms with Crippen LogP contribution in [-0.4, -0.2) is 27.7 Å². The van der Waals surface area contributed by atoms with Gasteiger partial charge in [0.1, 0.15) is 5.76 Å². The van der Waals surface area contributed by atoms with Crippen molar-refractivity contribution in [1.82, 2.24) is 20.0 Å². The first-order valence-electron chi connectivity index (χ1n) is 8.12. The van der Waals surface area contributed by atoms with Crippen molar-refractivity contribution >= 4 is 17.3 Å². The lowest BCUT2D eigenvalue weighted by Crippen LogP contribution is -2.29. The van der Waals surface area contributed by atoms with Crippen LogP contribution in [0.15, 0.2) is 47.2 Å².